The number of carbonyl (C=O) groups excluding carboxylic acids is 2. The van der Waals surface area contributed by atoms with Gasteiger partial charge in [0.25, 0.3) is 0 Å². The lowest BCUT2D eigenvalue weighted by molar-refractivity contribution is -0.121. The average Bonchev–Trinajstić information content (AvgIpc) is 3.09. The Bertz CT molecular complexity index is 883. The van der Waals surface area contributed by atoms with Gasteiger partial charge in [-0.2, -0.15) is 0 Å². The number of rotatable bonds is 4. The number of hydrogen-bond donors (Lipinski definition) is 2. The van der Waals surface area contributed by atoms with Crippen LogP contribution in [0.25, 0.3) is 0 Å². The molecule has 0 aliphatic carbocycles. The minimum absolute atomic E-state index is 0.0364. The van der Waals surface area contributed by atoms with Crippen LogP contribution in [0, 0.1) is 5.92 Å². The van der Waals surface area contributed by atoms with Crippen LogP contribution in [0.2, 0.25) is 0 Å². The van der Waals surface area contributed by atoms with Crippen LogP contribution in [-0.2, 0) is 16.1 Å². The zero-order chi connectivity index (χ0) is 18.8. The van der Waals surface area contributed by atoms with Crippen LogP contribution in [0.3, 0.4) is 0 Å². The minimum atomic E-state index is -0.209. The Kier molecular flexibility index (Phi) is 4.58. The van der Waals surface area contributed by atoms with Gasteiger partial charge in [-0.15, -0.1) is 0 Å². The maximum Gasteiger partial charge on any atom is 0.239 e. The van der Waals surface area contributed by atoms with E-state index in [9.17, 15) is 9.59 Å². The highest BCUT2D eigenvalue weighted by atomic mass is 16.7. The number of para-hydroxylation sites is 2. The Morgan fingerprint density at radius 3 is 2.93 bits per heavy atom. The quantitative estimate of drug-likeness (QED) is 0.865. The number of benzene rings is 2. The lowest BCUT2D eigenvalue weighted by Crippen LogP contribution is -2.39. The molecule has 2 heterocycles. The van der Waals surface area contributed by atoms with E-state index in [1.165, 1.54) is 0 Å². The standard InChI is InChI=1S/C20H21N3O4/c1-13-10-23(16-5-3-2-4-15(16)22-20(13)25)11-19(24)21-9-14-6-7-17-18(8-14)27-12-26-17/h2-8,13H,9-12H2,1H3,(H,21,24)(H,22,25). The molecule has 0 radical (unpaired) electrons. The highest BCUT2D eigenvalue weighted by Crippen LogP contribution is 2.32. The molecule has 0 saturated heterocycles. The lowest BCUT2D eigenvalue weighted by Gasteiger charge is -2.24. The van der Waals surface area contributed by atoms with Crippen molar-refractivity contribution in [2.75, 3.05) is 30.1 Å². The van der Waals surface area contributed by atoms with Gasteiger partial charge in [0.1, 0.15) is 0 Å². The number of nitrogens with zero attached hydrogens (tertiary/aromatic N) is 1. The van der Waals surface area contributed by atoms with E-state index >= 15 is 0 Å². The molecule has 0 aromatic heterocycles. The summed E-state index contributed by atoms with van der Waals surface area (Å²) in [5.74, 6) is 1.06. The zero-order valence-corrected chi connectivity index (χ0v) is 15.0. The molecular weight excluding hydrogens is 346 g/mol. The van der Waals surface area contributed by atoms with Crippen molar-refractivity contribution in [3.05, 3.63) is 48.0 Å². The summed E-state index contributed by atoms with van der Waals surface area (Å²) in [7, 11) is 0. The van der Waals surface area contributed by atoms with Crippen LogP contribution in [0.4, 0.5) is 11.4 Å². The smallest absolute Gasteiger partial charge is 0.239 e. The van der Waals surface area contributed by atoms with Gasteiger partial charge in [-0.3, -0.25) is 9.59 Å². The normalized spacial score (nSPS) is 17.7. The highest BCUT2D eigenvalue weighted by Gasteiger charge is 2.25. The Morgan fingerprint density at radius 1 is 1.22 bits per heavy atom. The molecule has 1 unspecified atom stereocenters. The molecule has 2 aliphatic heterocycles. The summed E-state index contributed by atoms with van der Waals surface area (Å²) in [5.41, 5.74) is 2.53. The fourth-order valence-corrected chi connectivity index (χ4v) is 3.25. The van der Waals surface area contributed by atoms with Crippen molar-refractivity contribution in [2.45, 2.75) is 13.5 Å². The fourth-order valence-electron chi connectivity index (χ4n) is 3.25. The molecule has 4 rings (SSSR count). The van der Waals surface area contributed by atoms with E-state index in [4.69, 9.17) is 9.47 Å². The zero-order valence-electron chi connectivity index (χ0n) is 15.0. The molecule has 2 aromatic rings. The Labute approximate surface area is 157 Å². The van der Waals surface area contributed by atoms with Gasteiger partial charge < -0.3 is 25.0 Å². The molecule has 1 atom stereocenters. The molecule has 140 valence electrons. The summed E-state index contributed by atoms with van der Waals surface area (Å²) in [5, 5.41) is 5.85. The van der Waals surface area contributed by atoms with Gasteiger partial charge in [0, 0.05) is 13.1 Å². The SMILES string of the molecule is CC1CN(CC(=O)NCc2ccc3c(c2)OCO3)c2ccccc2NC1=O. The first-order valence-corrected chi connectivity index (χ1v) is 8.90. The molecule has 2 aromatic carbocycles. The van der Waals surface area contributed by atoms with Gasteiger partial charge in [-0.05, 0) is 29.8 Å². The lowest BCUT2D eigenvalue weighted by atomic mass is 10.1. The van der Waals surface area contributed by atoms with Crippen LogP contribution >= 0.6 is 0 Å². The van der Waals surface area contributed by atoms with Crippen molar-refractivity contribution in [2.24, 2.45) is 5.92 Å². The van der Waals surface area contributed by atoms with E-state index < -0.39 is 0 Å². The summed E-state index contributed by atoms with van der Waals surface area (Å²) in [6.07, 6.45) is 0. The average molecular weight is 367 g/mol. The van der Waals surface area contributed by atoms with Gasteiger partial charge >= 0.3 is 0 Å². The summed E-state index contributed by atoms with van der Waals surface area (Å²) >= 11 is 0. The predicted octanol–water partition coefficient (Wildman–Crippen LogP) is 2.13. The second-order valence-electron chi connectivity index (χ2n) is 6.75. The summed E-state index contributed by atoms with van der Waals surface area (Å²) < 4.78 is 10.7. The number of carbonyl (C=O) groups is 2. The summed E-state index contributed by atoms with van der Waals surface area (Å²) in [4.78, 5) is 26.6. The van der Waals surface area contributed by atoms with Crippen LogP contribution in [-0.4, -0.2) is 31.7 Å². The largest absolute Gasteiger partial charge is 0.454 e. The van der Waals surface area contributed by atoms with Crippen molar-refractivity contribution in [3.63, 3.8) is 0 Å². The Morgan fingerprint density at radius 2 is 2.04 bits per heavy atom. The minimum Gasteiger partial charge on any atom is -0.454 e. The van der Waals surface area contributed by atoms with Crippen LogP contribution in [0.1, 0.15) is 12.5 Å². The summed E-state index contributed by atoms with van der Waals surface area (Å²) in [6.45, 7) is 3.15. The summed E-state index contributed by atoms with van der Waals surface area (Å²) in [6, 6.07) is 13.1. The topological polar surface area (TPSA) is 79.9 Å². The van der Waals surface area contributed by atoms with E-state index in [2.05, 4.69) is 10.6 Å². The molecule has 0 saturated carbocycles. The maximum absolute atomic E-state index is 12.5. The van der Waals surface area contributed by atoms with Gasteiger partial charge in [-0.1, -0.05) is 25.1 Å². The molecule has 0 bridgehead atoms. The van der Waals surface area contributed by atoms with Crippen molar-refractivity contribution in [3.8, 4) is 11.5 Å². The maximum atomic E-state index is 12.5. The van der Waals surface area contributed by atoms with Crippen LogP contribution in [0.5, 0.6) is 11.5 Å². The molecule has 0 spiro atoms. The fraction of sp³-hybridized carbons (Fsp3) is 0.300. The first-order valence-electron chi connectivity index (χ1n) is 8.90. The Balaban J connectivity index is 1.42. The van der Waals surface area contributed by atoms with Gasteiger partial charge in [0.2, 0.25) is 18.6 Å². The van der Waals surface area contributed by atoms with E-state index in [0.717, 1.165) is 22.7 Å². The van der Waals surface area contributed by atoms with Gasteiger partial charge in [0.05, 0.1) is 23.8 Å². The number of nitrogens with one attached hydrogen (secondary N) is 2. The number of fused-ring (bicyclic) bond motifs is 2. The second kappa shape index (κ2) is 7.19. The molecule has 2 amide bonds. The third kappa shape index (κ3) is 3.67. The molecule has 2 aliphatic rings. The molecular formula is C20H21N3O4. The van der Waals surface area contributed by atoms with E-state index in [1.54, 1.807) is 0 Å². The number of anilines is 2. The van der Waals surface area contributed by atoms with Crippen molar-refractivity contribution < 1.29 is 19.1 Å². The molecule has 7 heteroatoms. The highest BCUT2D eigenvalue weighted by molar-refractivity contribution is 5.98. The second-order valence-corrected chi connectivity index (χ2v) is 6.75. The first kappa shape index (κ1) is 17.2. The molecule has 2 N–H and O–H groups in total. The first-order chi connectivity index (χ1) is 13.1. The van der Waals surface area contributed by atoms with Gasteiger partial charge in [-0.25, -0.2) is 0 Å². The third-order valence-electron chi connectivity index (χ3n) is 4.71. The number of ether oxygens (including phenoxy) is 2. The number of hydrogen-bond acceptors (Lipinski definition) is 5. The predicted molar refractivity (Wildman–Crippen MR) is 101 cm³/mol. The van der Waals surface area contributed by atoms with Crippen molar-refractivity contribution in [1.29, 1.82) is 0 Å². The monoisotopic (exact) mass is 367 g/mol. The molecule has 27 heavy (non-hydrogen) atoms. The van der Waals surface area contributed by atoms with Crippen LogP contribution in [0.15, 0.2) is 42.5 Å². The molecule has 7 nitrogen and oxygen atoms in total. The Hall–Kier alpha value is -3.22. The van der Waals surface area contributed by atoms with Crippen molar-refractivity contribution in [1.82, 2.24) is 5.32 Å². The van der Waals surface area contributed by atoms with E-state index in [0.29, 0.717) is 18.8 Å². The van der Waals surface area contributed by atoms with E-state index in [-0.39, 0.29) is 31.1 Å². The van der Waals surface area contributed by atoms with Gasteiger partial charge in [0.15, 0.2) is 11.5 Å². The van der Waals surface area contributed by atoms with Crippen molar-refractivity contribution >= 4 is 23.2 Å². The number of amides is 2. The third-order valence-corrected chi connectivity index (χ3v) is 4.71. The van der Waals surface area contributed by atoms with E-state index in [1.807, 2.05) is 54.3 Å². The van der Waals surface area contributed by atoms with Crippen LogP contribution < -0.4 is 25.0 Å². The molecule has 0 fully saturated rings.